The molecule has 4 nitrogen and oxygen atoms in total. The second-order valence-corrected chi connectivity index (χ2v) is 5.39. The van der Waals surface area contributed by atoms with Crippen molar-refractivity contribution in [2.45, 2.75) is 24.8 Å². The average Bonchev–Trinajstić information content (AvgIpc) is 2.74. The van der Waals surface area contributed by atoms with Crippen molar-refractivity contribution in [1.29, 1.82) is 0 Å². The molecule has 0 bridgehead atoms. The molecule has 2 saturated heterocycles. The van der Waals surface area contributed by atoms with Crippen LogP contribution in [0.1, 0.15) is 19.3 Å². The molecule has 1 amide bonds. The Kier molecular flexibility index (Phi) is 3.54. The Balaban J connectivity index is 2.10. The van der Waals surface area contributed by atoms with Crippen LogP contribution in [0.25, 0.3) is 0 Å². The van der Waals surface area contributed by atoms with Gasteiger partial charge in [0, 0.05) is 39.4 Å². The Morgan fingerprint density at radius 1 is 1.59 bits per heavy atom. The van der Waals surface area contributed by atoms with Crippen molar-refractivity contribution in [2.75, 3.05) is 40.9 Å². The molecule has 1 atom stereocenters. The first-order chi connectivity index (χ1) is 8.07. The second kappa shape index (κ2) is 4.78. The van der Waals surface area contributed by atoms with Crippen LogP contribution in [0.4, 0.5) is 0 Å². The lowest BCUT2D eigenvalue weighted by atomic mass is 9.93. The van der Waals surface area contributed by atoms with Gasteiger partial charge in [-0.15, -0.1) is 0 Å². The van der Waals surface area contributed by atoms with Crippen molar-refractivity contribution in [3.8, 4) is 0 Å². The Bertz CT molecular complexity index is 338. The summed E-state index contributed by atoms with van der Waals surface area (Å²) in [6.45, 7) is 2.85. The molecule has 2 aliphatic heterocycles. The molecule has 0 aromatic rings. The maximum Gasteiger partial charge on any atom is 0.246 e. The lowest BCUT2D eigenvalue weighted by Crippen LogP contribution is -2.42. The summed E-state index contributed by atoms with van der Waals surface area (Å²) in [6.07, 6.45) is 5.22. The molecule has 0 aliphatic carbocycles. The molecule has 0 spiro atoms. The zero-order valence-electron chi connectivity index (χ0n) is 11.0. The van der Waals surface area contributed by atoms with Gasteiger partial charge in [0.25, 0.3) is 0 Å². The van der Waals surface area contributed by atoms with E-state index in [1.54, 1.807) is 32.2 Å². The van der Waals surface area contributed by atoms with E-state index in [2.05, 4.69) is 4.90 Å². The third-order valence-corrected chi connectivity index (χ3v) is 3.87. The number of fused-ring (bicyclic) bond motifs is 1. The van der Waals surface area contributed by atoms with E-state index in [4.69, 9.17) is 4.74 Å². The molecule has 17 heavy (non-hydrogen) atoms. The maximum atomic E-state index is 11.7. The minimum atomic E-state index is 0.0914. The largest absolute Gasteiger partial charge is 0.383 e. The van der Waals surface area contributed by atoms with Gasteiger partial charge >= 0.3 is 0 Å². The van der Waals surface area contributed by atoms with E-state index in [9.17, 15) is 4.79 Å². The van der Waals surface area contributed by atoms with E-state index in [1.165, 1.54) is 18.4 Å². The number of carbonyl (C=O) groups excluding carboxylic acids is 1. The fraction of sp³-hybridized carbons (Fsp3) is 0.769. The van der Waals surface area contributed by atoms with Crippen LogP contribution in [0.3, 0.4) is 0 Å². The lowest BCUT2D eigenvalue weighted by molar-refractivity contribution is -0.123. The smallest absolute Gasteiger partial charge is 0.246 e. The number of hydrogen-bond donors (Lipinski definition) is 0. The molecular formula is C13H22N2O2. The molecule has 2 rings (SSSR count). The van der Waals surface area contributed by atoms with Crippen molar-refractivity contribution in [1.82, 2.24) is 9.80 Å². The predicted molar refractivity (Wildman–Crippen MR) is 66.8 cm³/mol. The van der Waals surface area contributed by atoms with E-state index in [0.29, 0.717) is 0 Å². The van der Waals surface area contributed by atoms with Crippen LogP contribution in [-0.2, 0) is 9.53 Å². The highest BCUT2D eigenvalue weighted by molar-refractivity contribution is 5.88. The average molecular weight is 238 g/mol. The fourth-order valence-corrected chi connectivity index (χ4v) is 3.05. The molecular weight excluding hydrogens is 216 g/mol. The van der Waals surface area contributed by atoms with Crippen LogP contribution in [0.15, 0.2) is 11.6 Å². The standard InChI is InChI=1S/C13H22N2O2/c1-14(2)12(16)7-11-8-13(10-17-3)5-4-6-15(13)9-11/h7H,4-6,8-10H2,1-3H3/b11-7-/t13-/m0/s1. The van der Waals surface area contributed by atoms with Crippen molar-refractivity contribution >= 4 is 5.91 Å². The Morgan fingerprint density at radius 3 is 3.00 bits per heavy atom. The summed E-state index contributed by atoms with van der Waals surface area (Å²) in [4.78, 5) is 15.8. The van der Waals surface area contributed by atoms with Crippen LogP contribution in [-0.4, -0.2) is 62.1 Å². The molecule has 0 aromatic heterocycles. The quantitative estimate of drug-likeness (QED) is 0.684. The van der Waals surface area contributed by atoms with Gasteiger partial charge in [-0.1, -0.05) is 0 Å². The number of carbonyl (C=O) groups is 1. The highest BCUT2D eigenvalue weighted by atomic mass is 16.5. The number of likely N-dealkylation sites (N-methyl/N-ethyl adjacent to an activating group) is 1. The molecule has 2 heterocycles. The minimum Gasteiger partial charge on any atom is -0.383 e. The monoisotopic (exact) mass is 238 g/mol. The molecule has 2 aliphatic rings. The van der Waals surface area contributed by atoms with Crippen LogP contribution in [0.5, 0.6) is 0 Å². The lowest BCUT2D eigenvalue weighted by Gasteiger charge is -2.30. The summed E-state index contributed by atoms with van der Waals surface area (Å²) < 4.78 is 5.37. The van der Waals surface area contributed by atoms with E-state index < -0.39 is 0 Å². The molecule has 0 radical (unpaired) electrons. The summed E-state index contributed by atoms with van der Waals surface area (Å²) >= 11 is 0. The first-order valence-corrected chi connectivity index (χ1v) is 6.22. The zero-order valence-corrected chi connectivity index (χ0v) is 11.0. The molecule has 2 fully saturated rings. The van der Waals surface area contributed by atoms with Gasteiger partial charge in [-0.25, -0.2) is 0 Å². The highest BCUT2D eigenvalue weighted by Gasteiger charge is 2.46. The normalized spacial score (nSPS) is 30.9. The van der Waals surface area contributed by atoms with Gasteiger partial charge in [0.05, 0.1) is 6.61 Å². The third kappa shape index (κ3) is 2.38. The van der Waals surface area contributed by atoms with Gasteiger partial charge in [0.2, 0.25) is 5.91 Å². The Labute approximate surface area is 103 Å². The first-order valence-electron chi connectivity index (χ1n) is 6.22. The zero-order chi connectivity index (χ0) is 12.5. The SMILES string of the molecule is COC[C@@]12CCCN1C/C(=C\C(=O)N(C)C)C2. The van der Waals surface area contributed by atoms with Crippen LogP contribution < -0.4 is 0 Å². The topological polar surface area (TPSA) is 32.8 Å². The summed E-state index contributed by atoms with van der Waals surface area (Å²) in [5.74, 6) is 0.0914. The second-order valence-electron chi connectivity index (χ2n) is 5.39. The number of rotatable bonds is 3. The minimum absolute atomic E-state index is 0.0914. The van der Waals surface area contributed by atoms with E-state index in [-0.39, 0.29) is 11.4 Å². The Morgan fingerprint density at radius 2 is 2.35 bits per heavy atom. The van der Waals surface area contributed by atoms with Crippen LogP contribution >= 0.6 is 0 Å². The van der Waals surface area contributed by atoms with Crippen LogP contribution in [0.2, 0.25) is 0 Å². The van der Waals surface area contributed by atoms with Gasteiger partial charge in [-0.2, -0.15) is 0 Å². The molecule has 0 aromatic carbocycles. The molecule has 0 N–H and O–H groups in total. The van der Waals surface area contributed by atoms with E-state index in [1.807, 2.05) is 0 Å². The van der Waals surface area contributed by atoms with E-state index in [0.717, 1.165) is 26.1 Å². The summed E-state index contributed by atoms with van der Waals surface area (Å²) in [5, 5.41) is 0. The number of ether oxygens (including phenoxy) is 1. The highest BCUT2D eigenvalue weighted by Crippen LogP contribution is 2.41. The van der Waals surface area contributed by atoms with Crippen LogP contribution in [0, 0.1) is 0 Å². The Hall–Kier alpha value is -0.870. The van der Waals surface area contributed by atoms with Gasteiger partial charge in [-0.05, 0) is 31.4 Å². The predicted octanol–water partition coefficient (Wildman–Crippen LogP) is 0.886. The van der Waals surface area contributed by atoms with Gasteiger partial charge < -0.3 is 9.64 Å². The van der Waals surface area contributed by atoms with Gasteiger partial charge in [0.1, 0.15) is 0 Å². The number of amides is 1. The summed E-state index contributed by atoms with van der Waals surface area (Å²) in [6, 6.07) is 0. The maximum absolute atomic E-state index is 11.7. The number of methoxy groups -OCH3 is 1. The third-order valence-electron chi connectivity index (χ3n) is 3.87. The van der Waals surface area contributed by atoms with Crippen molar-refractivity contribution in [2.24, 2.45) is 0 Å². The van der Waals surface area contributed by atoms with Crippen molar-refractivity contribution < 1.29 is 9.53 Å². The molecule has 96 valence electrons. The molecule has 4 heteroatoms. The molecule has 0 saturated carbocycles. The first kappa shape index (κ1) is 12.6. The van der Waals surface area contributed by atoms with Crippen molar-refractivity contribution in [3.05, 3.63) is 11.6 Å². The summed E-state index contributed by atoms with van der Waals surface area (Å²) in [7, 11) is 5.35. The fourth-order valence-electron chi connectivity index (χ4n) is 3.05. The number of nitrogens with zero attached hydrogens (tertiary/aromatic N) is 2. The van der Waals surface area contributed by atoms with Gasteiger partial charge in [-0.3, -0.25) is 9.69 Å². The van der Waals surface area contributed by atoms with Crippen molar-refractivity contribution in [3.63, 3.8) is 0 Å². The summed E-state index contributed by atoms with van der Waals surface area (Å²) in [5.41, 5.74) is 1.42. The van der Waals surface area contributed by atoms with Gasteiger partial charge in [0.15, 0.2) is 0 Å². The number of hydrogen-bond acceptors (Lipinski definition) is 3. The molecule has 0 unspecified atom stereocenters. The van der Waals surface area contributed by atoms with E-state index >= 15 is 0 Å².